The van der Waals surface area contributed by atoms with Gasteiger partial charge in [0.1, 0.15) is 29.0 Å². The number of rotatable bonds is 14. The zero-order valence-corrected chi connectivity index (χ0v) is 20.3. The smallest absolute Gasteiger partial charge is 0.258 e. The standard InChI is InChI=1S/C24H30F2N4O6/c1-4-35-22(21-17(25)10-16(34-3)11-18(21)26)24(32)30-12-15-6-5-14(23(27)28)9-19(15)36-13-20(31)29-7-8-33-2/h5-6,9-11,22H,4,7-8,12-13H2,1-3H3,(H3,27,28)(H,29,31)(H,30,32)/t22-/m1/s1. The van der Waals surface area contributed by atoms with E-state index >= 15 is 0 Å². The lowest BCUT2D eigenvalue weighted by Crippen LogP contribution is -2.33. The van der Waals surface area contributed by atoms with Crippen molar-refractivity contribution in [3.63, 3.8) is 0 Å². The number of benzene rings is 2. The molecule has 36 heavy (non-hydrogen) atoms. The van der Waals surface area contributed by atoms with E-state index in [9.17, 15) is 18.4 Å². The summed E-state index contributed by atoms with van der Waals surface area (Å²) in [6, 6.07) is 6.47. The molecule has 0 saturated carbocycles. The molecule has 2 rings (SSSR count). The molecule has 5 N–H and O–H groups in total. The first-order valence-electron chi connectivity index (χ1n) is 11.0. The number of hydrogen-bond acceptors (Lipinski definition) is 7. The minimum atomic E-state index is -1.56. The molecule has 0 radical (unpaired) electrons. The fraction of sp³-hybridized carbons (Fsp3) is 0.375. The first kappa shape index (κ1) is 28.5. The average molecular weight is 509 g/mol. The third-order valence-corrected chi connectivity index (χ3v) is 4.94. The summed E-state index contributed by atoms with van der Waals surface area (Å²) < 4.78 is 49.8. The Balaban J connectivity index is 2.20. The maximum Gasteiger partial charge on any atom is 0.258 e. The number of nitrogen functional groups attached to an aromatic ring is 1. The van der Waals surface area contributed by atoms with Crippen LogP contribution in [-0.2, 0) is 25.6 Å². The third kappa shape index (κ3) is 7.89. The molecule has 0 aromatic heterocycles. The largest absolute Gasteiger partial charge is 0.497 e. The summed E-state index contributed by atoms with van der Waals surface area (Å²) in [6.45, 7) is 1.77. The SMILES string of the molecule is CCO[C@@H](C(=O)NCc1ccc(C(=N)N)cc1OCC(=O)NCCOC)c1c(F)cc(OC)cc1F. The molecule has 10 nitrogen and oxygen atoms in total. The minimum Gasteiger partial charge on any atom is -0.497 e. The maximum absolute atomic E-state index is 14.6. The van der Waals surface area contributed by atoms with Gasteiger partial charge in [-0.15, -0.1) is 0 Å². The van der Waals surface area contributed by atoms with E-state index in [0.717, 1.165) is 12.1 Å². The number of ether oxygens (including phenoxy) is 4. The number of nitrogens with two attached hydrogens (primary N) is 1. The molecule has 0 spiro atoms. The van der Waals surface area contributed by atoms with E-state index in [1.54, 1.807) is 13.0 Å². The van der Waals surface area contributed by atoms with Gasteiger partial charge in [-0.3, -0.25) is 15.0 Å². The fourth-order valence-electron chi connectivity index (χ4n) is 3.15. The van der Waals surface area contributed by atoms with Gasteiger partial charge in [-0.2, -0.15) is 0 Å². The molecule has 196 valence electrons. The predicted molar refractivity (Wildman–Crippen MR) is 127 cm³/mol. The molecule has 12 heteroatoms. The second kappa shape index (κ2) is 14.0. The fourth-order valence-corrected chi connectivity index (χ4v) is 3.15. The minimum absolute atomic E-state index is 0.0167. The predicted octanol–water partition coefficient (Wildman–Crippen LogP) is 1.79. The first-order valence-corrected chi connectivity index (χ1v) is 11.0. The van der Waals surface area contributed by atoms with Crippen molar-refractivity contribution in [1.29, 1.82) is 5.41 Å². The van der Waals surface area contributed by atoms with E-state index in [2.05, 4.69) is 10.6 Å². The average Bonchev–Trinajstić information content (AvgIpc) is 2.85. The van der Waals surface area contributed by atoms with E-state index in [1.807, 2.05) is 0 Å². The number of amides is 2. The number of hydrogen-bond donors (Lipinski definition) is 4. The van der Waals surface area contributed by atoms with Crippen molar-refractivity contribution in [2.45, 2.75) is 19.6 Å². The highest BCUT2D eigenvalue weighted by Gasteiger charge is 2.28. The van der Waals surface area contributed by atoms with Gasteiger partial charge in [0.2, 0.25) is 0 Å². The highest BCUT2D eigenvalue weighted by molar-refractivity contribution is 5.95. The molecular weight excluding hydrogens is 478 g/mol. The molecule has 0 fully saturated rings. The van der Waals surface area contributed by atoms with Crippen LogP contribution in [0.25, 0.3) is 0 Å². The zero-order chi connectivity index (χ0) is 26.7. The van der Waals surface area contributed by atoms with Crippen molar-refractivity contribution in [1.82, 2.24) is 10.6 Å². The van der Waals surface area contributed by atoms with Crippen molar-refractivity contribution < 1.29 is 37.3 Å². The van der Waals surface area contributed by atoms with Crippen molar-refractivity contribution in [2.24, 2.45) is 5.73 Å². The normalized spacial score (nSPS) is 11.5. The Labute approximate surface area is 207 Å². The summed E-state index contributed by atoms with van der Waals surface area (Å²) in [5, 5.41) is 12.8. The van der Waals surface area contributed by atoms with Crippen molar-refractivity contribution in [2.75, 3.05) is 40.6 Å². The highest BCUT2D eigenvalue weighted by Crippen LogP contribution is 2.29. The van der Waals surface area contributed by atoms with E-state index in [4.69, 9.17) is 30.1 Å². The molecular formula is C24H30F2N4O6. The lowest BCUT2D eigenvalue weighted by Gasteiger charge is -2.20. The van der Waals surface area contributed by atoms with Crippen molar-refractivity contribution >= 4 is 17.6 Å². The number of methoxy groups -OCH3 is 2. The topological polar surface area (TPSA) is 145 Å². The molecule has 0 bridgehead atoms. The van der Waals surface area contributed by atoms with Gasteiger partial charge in [0, 0.05) is 50.1 Å². The van der Waals surface area contributed by atoms with Gasteiger partial charge in [-0.05, 0) is 13.0 Å². The Kier molecular flexibility index (Phi) is 11.0. The molecule has 2 aromatic rings. The van der Waals surface area contributed by atoms with Gasteiger partial charge in [-0.25, -0.2) is 8.78 Å². The van der Waals surface area contributed by atoms with Crippen LogP contribution in [0.5, 0.6) is 11.5 Å². The molecule has 2 amide bonds. The molecule has 0 aliphatic rings. The molecule has 0 aliphatic heterocycles. The highest BCUT2D eigenvalue weighted by atomic mass is 19.1. The lowest BCUT2D eigenvalue weighted by molar-refractivity contribution is -0.133. The Morgan fingerprint density at radius 1 is 1.11 bits per heavy atom. The third-order valence-electron chi connectivity index (χ3n) is 4.94. The van der Waals surface area contributed by atoms with Gasteiger partial charge < -0.3 is 35.3 Å². The molecule has 0 heterocycles. The Hall–Kier alpha value is -3.77. The van der Waals surface area contributed by atoms with Crippen LogP contribution in [0.3, 0.4) is 0 Å². The summed E-state index contributed by atoms with van der Waals surface area (Å²) in [6.07, 6.45) is -1.56. The van der Waals surface area contributed by atoms with Gasteiger partial charge in [0.25, 0.3) is 11.8 Å². The van der Waals surface area contributed by atoms with E-state index < -0.39 is 35.1 Å². The van der Waals surface area contributed by atoms with E-state index in [-0.39, 0.29) is 37.1 Å². The number of carbonyl (C=O) groups excluding carboxylic acids is 2. The van der Waals surface area contributed by atoms with Gasteiger partial charge in [0.05, 0.1) is 19.3 Å². The Bertz CT molecular complexity index is 1060. The number of nitrogens with one attached hydrogen (secondary N) is 3. The van der Waals surface area contributed by atoms with Crippen LogP contribution >= 0.6 is 0 Å². The molecule has 0 saturated heterocycles. The Morgan fingerprint density at radius 3 is 2.39 bits per heavy atom. The summed E-state index contributed by atoms with van der Waals surface area (Å²) >= 11 is 0. The van der Waals surface area contributed by atoms with Crippen LogP contribution in [0.15, 0.2) is 30.3 Å². The van der Waals surface area contributed by atoms with E-state index in [0.29, 0.717) is 24.3 Å². The summed E-state index contributed by atoms with van der Waals surface area (Å²) in [7, 11) is 2.77. The van der Waals surface area contributed by atoms with Crippen LogP contribution in [0.1, 0.15) is 29.7 Å². The van der Waals surface area contributed by atoms with Gasteiger partial charge in [0.15, 0.2) is 12.7 Å². The summed E-state index contributed by atoms with van der Waals surface area (Å²) in [5.41, 5.74) is 5.77. The van der Waals surface area contributed by atoms with Gasteiger partial charge in [-0.1, -0.05) is 12.1 Å². The van der Waals surface area contributed by atoms with Crippen molar-refractivity contribution in [3.8, 4) is 11.5 Å². The van der Waals surface area contributed by atoms with Gasteiger partial charge >= 0.3 is 0 Å². The molecule has 0 unspecified atom stereocenters. The first-order chi connectivity index (χ1) is 17.2. The monoisotopic (exact) mass is 508 g/mol. The second-order valence-corrected chi connectivity index (χ2v) is 7.43. The van der Waals surface area contributed by atoms with E-state index in [1.165, 1.54) is 26.4 Å². The maximum atomic E-state index is 14.6. The number of carbonyl (C=O) groups is 2. The van der Waals surface area contributed by atoms with Crippen LogP contribution in [0, 0.1) is 17.0 Å². The second-order valence-electron chi connectivity index (χ2n) is 7.43. The summed E-state index contributed by atoms with van der Waals surface area (Å²) in [5.74, 6) is -3.25. The number of halogens is 2. The van der Waals surface area contributed by atoms with Crippen LogP contribution in [-0.4, -0.2) is 58.2 Å². The van der Waals surface area contributed by atoms with Crippen LogP contribution in [0.4, 0.5) is 8.78 Å². The van der Waals surface area contributed by atoms with Crippen LogP contribution < -0.4 is 25.8 Å². The molecule has 2 aromatic carbocycles. The zero-order valence-electron chi connectivity index (χ0n) is 20.3. The Morgan fingerprint density at radius 2 is 1.81 bits per heavy atom. The molecule has 0 aliphatic carbocycles. The van der Waals surface area contributed by atoms with Crippen molar-refractivity contribution in [3.05, 3.63) is 58.7 Å². The quantitative estimate of drug-likeness (QED) is 0.173. The molecule has 1 atom stereocenters. The summed E-state index contributed by atoms with van der Waals surface area (Å²) in [4.78, 5) is 24.9. The number of amidine groups is 1. The lowest BCUT2D eigenvalue weighted by atomic mass is 10.1. The van der Waals surface area contributed by atoms with Crippen LogP contribution in [0.2, 0.25) is 0 Å².